The highest BCUT2D eigenvalue weighted by atomic mass is 19.4. The number of rotatable bonds is 6. The number of alkyl halides is 3. The molecule has 0 fully saturated rings. The van der Waals surface area contributed by atoms with Crippen LogP contribution in [-0.4, -0.2) is 38.4 Å². The first-order valence-electron chi connectivity index (χ1n) is 9.80. The summed E-state index contributed by atoms with van der Waals surface area (Å²) in [7, 11) is 0. The normalized spacial score (nSPS) is 11.8. The Morgan fingerprint density at radius 2 is 1.84 bits per heavy atom. The number of hydrogen-bond donors (Lipinski definition) is 2. The number of tetrazole rings is 1. The summed E-state index contributed by atoms with van der Waals surface area (Å²) in [4.78, 5) is 13.0. The molecule has 0 atom stereocenters. The van der Waals surface area contributed by atoms with Crippen molar-refractivity contribution in [1.82, 2.24) is 25.5 Å². The van der Waals surface area contributed by atoms with Gasteiger partial charge in [-0.3, -0.25) is 0 Å². The molecule has 0 bridgehead atoms. The minimum Gasteiger partial charge on any atom is -0.444 e. The van der Waals surface area contributed by atoms with Gasteiger partial charge < -0.3 is 15.4 Å². The average Bonchev–Trinajstić information content (AvgIpc) is 3.15. The minimum atomic E-state index is -4.44. The Hall–Kier alpha value is -3.63. The van der Waals surface area contributed by atoms with Crippen molar-refractivity contribution in [2.45, 2.75) is 39.1 Å². The maximum absolute atomic E-state index is 13.0. The first-order valence-corrected chi connectivity index (χ1v) is 9.80. The summed E-state index contributed by atoms with van der Waals surface area (Å²) in [5.74, 6) is 0.289. The lowest BCUT2D eigenvalue weighted by Crippen LogP contribution is -2.34. The first kappa shape index (κ1) is 23.0. The number of ether oxygens (including phenoxy) is 1. The maximum Gasteiger partial charge on any atom is 0.416 e. The molecule has 1 aromatic heterocycles. The number of carbonyl (C=O) groups excluding carboxylic acids is 1. The van der Waals surface area contributed by atoms with Crippen LogP contribution in [0.1, 0.15) is 26.3 Å². The van der Waals surface area contributed by atoms with Gasteiger partial charge >= 0.3 is 12.3 Å². The molecular formula is C21H23F3N6O2. The molecule has 3 aromatic rings. The predicted molar refractivity (Wildman–Crippen MR) is 112 cm³/mol. The van der Waals surface area contributed by atoms with Crippen LogP contribution in [0.5, 0.6) is 0 Å². The van der Waals surface area contributed by atoms with Gasteiger partial charge in [-0.1, -0.05) is 18.2 Å². The van der Waals surface area contributed by atoms with E-state index in [9.17, 15) is 18.0 Å². The Balaban J connectivity index is 1.69. The van der Waals surface area contributed by atoms with Gasteiger partial charge in [-0.2, -0.15) is 18.0 Å². The lowest BCUT2D eigenvalue weighted by molar-refractivity contribution is -0.137. The van der Waals surface area contributed by atoms with Crippen molar-refractivity contribution in [1.29, 1.82) is 0 Å². The molecule has 0 radical (unpaired) electrons. The second kappa shape index (κ2) is 9.25. The number of anilines is 2. The van der Waals surface area contributed by atoms with Gasteiger partial charge in [0, 0.05) is 23.5 Å². The topological polar surface area (TPSA) is 94.0 Å². The zero-order valence-corrected chi connectivity index (χ0v) is 17.8. The van der Waals surface area contributed by atoms with Crippen LogP contribution in [0.2, 0.25) is 0 Å². The van der Waals surface area contributed by atoms with Gasteiger partial charge in [0.2, 0.25) is 5.82 Å². The summed E-state index contributed by atoms with van der Waals surface area (Å²) in [5.41, 5.74) is 0.0244. The van der Waals surface area contributed by atoms with E-state index in [2.05, 4.69) is 26.0 Å². The van der Waals surface area contributed by atoms with Crippen LogP contribution < -0.4 is 10.6 Å². The van der Waals surface area contributed by atoms with Crippen molar-refractivity contribution in [3.8, 4) is 11.4 Å². The SMILES string of the molecule is CC(C)(C)OC(=O)NCCn1nnc(-c2ccccc2Nc2cccc(C(F)(F)F)c2)n1. The number of nitrogens with zero attached hydrogens (tertiary/aromatic N) is 4. The van der Waals surface area contributed by atoms with Crippen LogP contribution in [-0.2, 0) is 17.5 Å². The molecule has 0 aliphatic carbocycles. The van der Waals surface area contributed by atoms with E-state index in [0.29, 0.717) is 11.3 Å². The van der Waals surface area contributed by atoms with Crippen molar-refractivity contribution < 1.29 is 22.7 Å². The molecule has 0 aliphatic rings. The first-order chi connectivity index (χ1) is 15.0. The van der Waals surface area contributed by atoms with E-state index in [1.165, 1.54) is 10.9 Å². The lowest BCUT2D eigenvalue weighted by Gasteiger charge is -2.19. The molecule has 2 N–H and O–H groups in total. The number of nitrogens with one attached hydrogen (secondary N) is 2. The van der Waals surface area contributed by atoms with E-state index < -0.39 is 23.4 Å². The van der Waals surface area contributed by atoms with E-state index in [-0.39, 0.29) is 24.6 Å². The second-order valence-electron chi connectivity index (χ2n) is 7.89. The van der Waals surface area contributed by atoms with E-state index >= 15 is 0 Å². The van der Waals surface area contributed by atoms with Crippen molar-refractivity contribution in [2.24, 2.45) is 0 Å². The molecule has 0 saturated heterocycles. The molecule has 32 heavy (non-hydrogen) atoms. The standard InChI is InChI=1S/C21H23F3N6O2/c1-20(2,3)32-19(31)25-11-12-30-28-18(27-29-30)16-9-4-5-10-17(16)26-15-8-6-7-14(13-15)21(22,23)24/h4-10,13,26H,11-12H2,1-3H3,(H,25,31). The fraction of sp³-hybridized carbons (Fsp3) is 0.333. The van der Waals surface area contributed by atoms with Gasteiger partial charge in [-0.25, -0.2) is 4.79 Å². The molecule has 0 spiro atoms. The number of para-hydroxylation sites is 1. The number of amides is 1. The zero-order valence-electron chi connectivity index (χ0n) is 17.8. The van der Waals surface area contributed by atoms with Crippen LogP contribution in [0.4, 0.5) is 29.3 Å². The number of alkyl carbamates (subject to hydrolysis) is 1. The summed E-state index contributed by atoms with van der Waals surface area (Å²) in [6.07, 6.45) is -4.98. The third-order valence-electron chi connectivity index (χ3n) is 4.07. The monoisotopic (exact) mass is 448 g/mol. The molecule has 3 rings (SSSR count). The van der Waals surface area contributed by atoms with E-state index in [4.69, 9.17) is 4.74 Å². The molecular weight excluding hydrogens is 425 g/mol. The largest absolute Gasteiger partial charge is 0.444 e. The molecule has 1 heterocycles. The summed E-state index contributed by atoms with van der Waals surface area (Å²) in [6, 6.07) is 11.9. The number of halogens is 3. The smallest absolute Gasteiger partial charge is 0.416 e. The third kappa shape index (κ3) is 6.43. The van der Waals surface area contributed by atoms with E-state index in [0.717, 1.165) is 12.1 Å². The summed E-state index contributed by atoms with van der Waals surface area (Å²) in [5, 5.41) is 17.9. The molecule has 0 unspecified atom stereocenters. The highest BCUT2D eigenvalue weighted by Gasteiger charge is 2.30. The maximum atomic E-state index is 13.0. The molecule has 11 heteroatoms. The number of aromatic nitrogens is 4. The lowest BCUT2D eigenvalue weighted by atomic mass is 10.1. The van der Waals surface area contributed by atoms with Crippen molar-refractivity contribution in [3.05, 3.63) is 54.1 Å². The zero-order chi connectivity index (χ0) is 23.4. The Kier molecular flexibility index (Phi) is 6.66. The van der Waals surface area contributed by atoms with Crippen LogP contribution in [0.15, 0.2) is 48.5 Å². The van der Waals surface area contributed by atoms with Gasteiger partial charge in [-0.15, -0.1) is 10.2 Å². The van der Waals surface area contributed by atoms with Crippen LogP contribution in [0, 0.1) is 0 Å². The average molecular weight is 448 g/mol. The summed E-state index contributed by atoms with van der Waals surface area (Å²) >= 11 is 0. The molecule has 1 amide bonds. The van der Waals surface area contributed by atoms with Crippen molar-refractivity contribution in [3.63, 3.8) is 0 Å². The highest BCUT2D eigenvalue weighted by Crippen LogP contribution is 2.33. The highest BCUT2D eigenvalue weighted by molar-refractivity contribution is 5.77. The quantitative estimate of drug-likeness (QED) is 0.571. The third-order valence-corrected chi connectivity index (χ3v) is 4.07. The van der Waals surface area contributed by atoms with Crippen LogP contribution in [0.25, 0.3) is 11.4 Å². The van der Waals surface area contributed by atoms with Gasteiger partial charge in [-0.05, 0) is 56.3 Å². The molecule has 0 aliphatic heterocycles. The molecule has 2 aromatic carbocycles. The van der Waals surface area contributed by atoms with Gasteiger partial charge in [0.15, 0.2) is 0 Å². The summed E-state index contributed by atoms with van der Waals surface area (Å²) < 4.78 is 44.1. The van der Waals surface area contributed by atoms with Crippen molar-refractivity contribution >= 4 is 17.5 Å². The van der Waals surface area contributed by atoms with Crippen LogP contribution in [0.3, 0.4) is 0 Å². The van der Waals surface area contributed by atoms with Gasteiger partial charge in [0.05, 0.1) is 12.1 Å². The number of hydrogen-bond acceptors (Lipinski definition) is 6. The molecule has 0 saturated carbocycles. The second-order valence-corrected chi connectivity index (χ2v) is 7.89. The fourth-order valence-electron chi connectivity index (χ4n) is 2.73. The Morgan fingerprint density at radius 3 is 2.56 bits per heavy atom. The van der Waals surface area contributed by atoms with Gasteiger partial charge in [0.1, 0.15) is 5.60 Å². The fourth-order valence-corrected chi connectivity index (χ4v) is 2.73. The predicted octanol–water partition coefficient (Wildman–Crippen LogP) is 4.63. The van der Waals surface area contributed by atoms with Crippen molar-refractivity contribution in [2.75, 3.05) is 11.9 Å². The number of carbonyl (C=O) groups is 1. The van der Waals surface area contributed by atoms with Gasteiger partial charge in [0.25, 0.3) is 0 Å². The molecule has 170 valence electrons. The van der Waals surface area contributed by atoms with E-state index in [1.807, 2.05) is 0 Å². The molecule has 8 nitrogen and oxygen atoms in total. The Labute approximate surface area is 182 Å². The Bertz CT molecular complexity index is 1080. The Morgan fingerprint density at radius 1 is 1.09 bits per heavy atom. The van der Waals surface area contributed by atoms with E-state index in [1.54, 1.807) is 51.1 Å². The summed E-state index contributed by atoms with van der Waals surface area (Å²) in [6.45, 7) is 5.79. The number of benzene rings is 2. The van der Waals surface area contributed by atoms with Crippen LogP contribution >= 0.6 is 0 Å². The minimum absolute atomic E-state index is 0.231.